The fraction of sp³-hybridized carbons (Fsp3) is 0.0213. The van der Waals surface area contributed by atoms with Gasteiger partial charge in [0.2, 0.25) is 0 Å². The molecule has 0 amide bonds. The van der Waals surface area contributed by atoms with Crippen LogP contribution in [0.1, 0.15) is 5.56 Å². The Morgan fingerprint density at radius 3 is 0.766 bits per heavy atom. The van der Waals surface area contributed by atoms with E-state index < -0.39 is 0 Å². The molecule has 0 N–H and O–H groups in total. The van der Waals surface area contributed by atoms with E-state index in [1.165, 1.54) is 83.1 Å². The molecule has 0 radical (unpaired) electrons. The monoisotopic (exact) mass is 598 g/mol. The van der Waals surface area contributed by atoms with Gasteiger partial charge in [-0.2, -0.15) is 0 Å². The van der Waals surface area contributed by atoms with Crippen LogP contribution < -0.4 is 0 Å². The zero-order valence-electron chi connectivity index (χ0n) is 26.4. The quantitative estimate of drug-likeness (QED) is 0.179. The van der Waals surface area contributed by atoms with Crippen LogP contribution in [0, 0.1) is 6.92 Å². The van der Waals surface area contributed by atoms with Crippen LogP contribution in [0.2, 0.25) is 0 Å². The molecule has 0 spiro atoms. The van der Waals surface area contributed by atoms with Gasteiger partial charge in [-0.05, 0) is 96.6 Å². The average molecular weight is 599 g/mol. The number of benzene rings is 8. The summed E-state index contributed by atoms with van der Waals surface area (Å²) < 4.78 is 0. The number of hydrogen-bond acceptors (Lipinski definition) is 0. The molecule has 0 aromatic heterocycles. The van der Waals surface area contributed by atoms with Gasteiger partial charge in [-0.15, -0.1) is 0 Å². The van der Waals surface area contributed by atoms with Crippen molar-refractivity contribution in [1.82, 2.24) is 0 Å². The van der Waals surface area contributed by atoms with E-state index in [2.05, 4.69) is 195 Å². The molecular weight excluding hydrogens is 565 g/mol. The van der Waals surface area contributed by atoms with Crippen molar-refractivity contribution < 1.29 is 0 Å². The molecule has 0 saturated heterocycles. The maximum atomic E-state index is 2.30. The third kappa shape index (κ3) is 6.02. The molecule has 0 heterocycles. The molecule has 0 nitrogen and oxygen atoms in total. The lowest BCUT2D eigenvalue weighted by Gasteiger charge is -2.10. The molecule has 47 heavy (non-hydrogen) atoms. The Morgan fingerprint density at radius 2 is 0.447 bits per heavy atom. The number of rotatable bonds is 6. The second-order valence-electron chi connectivity index (χ2n) is 12.3. The molecule has 0 saturated carbocycles. The van der Waals surface area contributed by atoms with Gasteiger partial charge in [-0.25, -0.2) is 0 Å². The summed E-state index contributed by atoms with van der Waals surface area (Å²) in [7, 11) is 0. The fourth-order valence-corrected chi connectivity index (χ4v) is 6.40. The van der Waals surface area contributed by atoms with Crippen LogP contribution in [0.4, 0.5) is 0 Å². The van der Waals surface area contributed by atoms with Crippen molar-refractivity contribution in [3.8, 4) is 66.8 Å². The second kappa shape index (κ2) is 12.4. The predicted molar refractivity (Wildman–Crippen MR) is 201 cm³/mol. The fourth-order valence-electron chi connectivity index (χ4n) is 6.40. The minimum absolute atomic E-state index is 1.23. The van der Waals surface area contributed by atoms with Crippen molar-refractivity contribution in [2.24, 2.45) is 0 Å². The van der Waals surface area contributed by atoms with E-state index in [-0.39, 0.29) is 0 Å². The Labute approximate surface area is 277 Å². The Kier molecular flexibility index (Phi) is 7.53. The standard InChI is InChI=1S/C47H34/c1-33-7-9-35(10-8-33)37-15-17-39(18-16-37)41-21-25-43(26-22-41)45-28-30-46-31-44(27-29-47(46)32-45)42-23-19-40(20-24-42)38-13-11-36(12-14-38)34-5-3-2-4-6-34/h2-32H,1H3. The van der Waals surface area contributed by atoms with Crippen molar-refractivity contribution >= 4 is 10.8 Å². The minimum atomic E-state index is 1.23. The molecule has 0 unspecified atom stereocenters. The molecule has 8 aromatic carbocycles. The van der Waals surface area contributed by atoms with Gasteiger partial charge in [0.15, 0.2) is 0 Å². The van der Waals surface area contributed by atoms with Gasteiger partial charge in [0.1, 0.15) is 0 Å². The summed E-state index contributed by atoms with van der Waals surface area (Å²) in [6, 6.07) is 68.3. The maximum absolute atomic E-state index is 2.30. The summed E-state index contributed by atoms with van der Waals surface area (Å²) in [4.78, 5) is 0. The molecule has 8 rings (SSSR count). The lowest BCUT2D eigenvalue weighted by Crippen LogP contribution is -1.84. The van der Waals surface area contributed by atoms with Crippen molar-refractivity contribution in [2.75, 3.05) is 0 Å². The highest BCUT2D eigenvalue weighted by Crippen LogP contribution is 2.32. The molecule has 0 atom stereocenters. The summed E-state index contributed by atoms with van der Waals surface area (Å²) >= 11 is 0. The van der Waals surface area contributed by atoms with Crippen LogP contribution in [-0.4, -0.2) is 0 Å². The molecule has 0 aliphatic heterocycles. The third-order valence-corrected chi connectivity index (χ3v) is 9.21. The van der Waals surface area contributed by atoms with Crippen molar-refractivity contribution in [3.05, 3.63) is 194 Å². The van der Waals surface area contributed by atoms with Gasteiger partial charge in [-0.3, -0.25) is 0 Å². The molecule has 0 heteroatoms. The highest BCUT2D eigenvalue weighted by molar-refractivity contribution is 5.91. The summed E-state index contributed by atoms with van der Waals surface area (Å²) in [5, 5.41) is 2.49. The summed E-state index contributed by atoms with van der Waals surface area (Å²) in [5.41, 5.74) is 16.1. The van der Waals surface area contributed by atoms with Gasteiger partial charge < -0.3 is 0 Å². The van der Waals surface area contributed by atoms with Gasteiger partial charge in [0.05, 0.1) is 0 Å². The van der Waals surface area contributed by atoms with Gasteiger partial charge in [-0.1, -0.05) is 181 Å². The van der Waals surface area contributed by atoms with Crippen LogP contribution in [0.3, 0.4) is 0 Å². The first-order valence-electron chi connectivity index (χ1n) is 16.2. The van der Waals surface area contributed by atoms with Crippen LogP contribution in [0.5, 0.6) is 0 Å². The zero-order chi connectivity index (χ0) is 31.6. The minimum Gasteiger partial charge on any atom is -0.0622 e. The smallest absolute Gasteiger partial charge is 0.0177 e. The lowest BCUT2D eigenvalue weighted by atomic mass is 9.95. The largest absolute Gasteiger partial charge is 0.0622 e. The molecule has 0 bridgehead atoms. The topological polar surface area (TPSA) is 0 Å². The first-order valence-corrected chi connectivity index (χ1v) is 16.2. The summed E-state index contributed by atoms with van der Waals surface area (Å²) in [6.45, 7) is 2.12. The van der Waals surface area contributed by atoms with Crippen LogP contribution in [0.15, 0.2) is 188 Å². The molecule has 8 aromatic rings. The van der Waals surface area contributed by atoms with Crippen LogP contribution in [0.25, 0.3) is 77.5 Å². The average Bonchev–Trinajstić information content (AvgIpc) is 3.15. The predicted octanol–water partition coefficient (Wildman–Crippen LogP) is 13.2. The highest BCUT2D eigenvalue weighted by Gasteiger charge is 2.07. The summed E-state index contributed by atoms with van der Waals surface area (Å²) in [5.74, 6) is 0. The van der Waals surface area contributed by atoms with Gasteiger partial charge >= 0.3 is 0 Å². The van der Waals surface area contributed by atoms with E-state index in [1.54, 1.807) is 0 Å². The first kappa shape index (κ1) is 28.5. The SMILES string of the molecule is Cc1ccc(-c2ccc(-c3ccc(-c4ccc5cc(-c6ccc(-c7ccc(-c8ccccc8)cc7)cc6)ccc5c4)cc3)cc2)cc1. The maximum Gasteiger partial charge on any atom is -0.0177 e. The van der Waals surface area contributed by atoms with E-state index in [1.807, 2.05) is 0 Å². The van der Waals surface area contributed by atoms with Crippen LogP contribution in [-0.2, 0) is 0 Å². The van der Waals surface area contributed by atoms with Crippen LogP contribution >= 0.6 is 0 Å². The van der Waals surface area contributed by atoms with Gasteiger partial charge in [0, 0.05) is 0 Å². The first-order chi connectivity index (χ1) is 23.2. The Balaban J connectivity index is 0.972. The van der Waals surface area contributed by atoms with E-state index in [0.29, 0.717) is 0 Å². The number of hydrogen-bond donors (Lipinski definition) is 0. The number of aryl methyl sites for hydroxylation is 1. The summed E-state index contributed by atoms with van der Waals surface area (Å²) in [6.07, 6.45) is 0. The number of fused-ring (bicyclic) bond motifs is 1. The Morgan fingerprint density at radius 1 is 0.213 bits per heavy atom. The van der Waals surface area contributed by atoms with E-state index >= 15 is 0 Å². The van der Waals surface area contributed by atoms with E-state index in [4.69, 9.17) is 0 Å². The van der Waals surface area contributed by atoms with Crippen molar-refractivity contribution in [3.63, 3.8) is 0 Å². The lowest BCUT2D eigenvalue weighted by molar-refractivity contribution is 1.47. The normalized spacial score (nSPS) is 11.1. The molecule has 222 valence electrons. The Hall–Kier alpha value is -5.98. The zero-order valence-corrected chi connectivity index (χ0v) is 26.4. The van der Waals surface area contributed by atoms with Crippen molar-refractivity contribution in [1.29, 1.82) is 0 Å². The molecular formula is C47H34. The molecule has 0 aliphatic carbocycles. The Bertz CT molecular complexity index is 2270. The molecule has 0 aliphatic rings. The highest BCUT2D eigenvalue weighted by atomic mass is 14.1. The molecule has 0 fully saturated rings. The second-order valence-corrected chi connectivity index (χ2v) is 12.3. The van der Waals surface area contributed by atoms with E-state index in [0.717, 1.165) is 0 Å². The van der Waals surface area contributed by atoms with E-state index in [9.17, 15) is 0 Å². The van der Waals surface area contributed by atoms with Gasteiger partial charge in [0.25, 0.3) is 0 Å². The third-order valence-electron chi connectivity index (χ3n) is 9.21. The van der Waals surface area contributed by atoms with Crippen molar-refractivity contribution in [2.45, 2.75) is 6.92 Å².